The molecule has 20 heavy (non-hydrogen) atoms. The van der Waals surface area contributed by atoms with Crippen LogP contribution in [0.5, 0.6) is 0 Å². The Labute approximate surface area is 123 Å². The molecule has 0 N–H and O–H groups in total. The number of benzene rings is 1. The topological polar surface area (TPSA) is 33.2 Å². The third kappa shape index (κ3) is 2.38. The minimum Gasteiger partial charge on any atom is -0.335 e. The maximum absolute atomic E-state index is 12.6. The first kappa shape index (κ1) is 13.4. The van der Waals surface area contributed by atoms with E-state index in [-0.39, 0.29) is 11.9 Å². The number of aromatic nitrogens is 1. The lowest BCUT2D eigenvalue weighted by atomic mass is 10.0. The first-order chi connectivity index (χ1) is 9.66. The lowest BCUT2D eigenvalue weighted by Crippen LogP contribution is -2.42. The minimum atomic E-state index is -0.00940. The van der Waals surface area contributed by atoms with Crippen molar-refractivity contribution >= 4 is 28.4 Å². The molecule has 2 aromatic rings. The highest BCUT2D eigenvalue weighted by molar-refractivity contribution is 6.35. The predicted octanol–water partition coefficient (Wildman–Crippen LogP) is 3.90. The SMILES string of the molecule is CC1CCCCN1C(=O)c1cc(Cl)c2ccccc2n1. The van der Waals surface area contributed by atoms with E-state index in [0.29, 0.717) is 10.7 Å². The zero-order chi connectivity index (χ0) is 14.1. The molecule has 2 heterocycles. The number of fused-ring (bicyclic) bond motifs is 1. The van der Waals surface area contributed by atoms with Crippen molar-refractivity contribution < 1.29 is 4.79 Å². The van der Waals surface area contributed by atoms with Crippen LogP contribution in [-0.4, -0.2) is 28.4 Å². The van der Waals surface area contributed by atoms with E-state index in [0.717, 1.165) is 30.3 Å². The van der Waals surface area contributed by atoms with Crippen molar-refractivity contribution in [1.29, 1.82) is 0 Å². The molecule has 1 aliphatic rings. The van der Waals surface area contributed by atoms with Crippen LogP contribution in [0.25, 0.3) is 10.9 Å². The standard InChI is InChI=1S/C16H17ClN2O/c1-11-6-4-5-9-19(11)16(20)15-10-13(17)12-7-2-3-8-14(12)18-15/h2-3,7-8,10-11H,4-6,9H2,1H3. The average Bonchev–Trinajstić information content (AvgIpc) is 2.47. The highest BCUT2D eigenvalue weighted by atomic mass is 35.5. The summed E-state index contributed by atoms with van der Waals surface area (Å²) < 4.78 is 0. The van der Waals surface area contributed by atoms with Gasteiger partial charge in [-0.05, 0) is 38.3 Å². The Morgan fingerprint density at radius 2 is 2.15 bits per heavy atom. The first-order valence-electron chi connectivity index (χ1n) is 7.03. The van der Waals surface area contributed by atoms with Gasteiger partial charge in [0, 0.05) is 18.0 Å². The number of amides is 1. The van der Waals surface area contributed by atoms with E-state index in [1.165, 1.54) is 6.42 Å². The molecule has 3 nitrogen and oxygen atoms in total. The normalized spacial score (nSPS) is 19.3. The molecule has 4 heteroatoms. The van der Waals surface area contributed by atoms with Crippen LogP contribution in [0.2, 0.25) is 5.02 Å². The number of likely N-dealkylation sites (tertiary alicyclic amines) is 1. The summed E-state index contributed by atoms with van der Waals surface area (Å²) in [5, 5.41) is 1.47. The summed E-state index contributed by atoms with van der Waals surface area (Å²) in [5.41, 5.74) is 1.22. The Balaban J connectivity index is 1.99. The molecule has 1 aliphatic heterocycles. The number of halogens is 1. The molecule has 1 fully saturated rings. The quantitative estimate of drug-likeness (QED) is 0.797. The lowest BCUT2D eigenvalue weighted by Gasteiger charge is -2.33. The molecular weight excluding hydrogens is 272 g/mol. The van der Waals surface area contributed by atoms with Crippen molar-refractivity contribution in [3.8, 4) is 0 Å². The largest absolute Gasteiger partial charge is 0.335 e. The molecule has 1 atom stereocenters. The number of carbonyl (C=O) groups is 1. The van der Waals surface area contributed by atoms with E-state index >= 15 is 0 Å². The Morgan fingerprint density at radius 3 is 2.95 bits per heavy atom. The van der Waals surface area contributed by atoms with Crippen LogP contribution in [0.15, 0.2) is 30.3 Å². The third-order valence-electron chi connectivity index (χ3n) is 3.95. The van der Waals surface area contributed by atoms with Gasteiger partial charge in [0.2, 0.25) is 0 Å². The summed E-state index contributed by atoms with van der Waals surface area (Å²) in [6.07, 6.45) is 3.32. The van der Waals surface area contributed by atoms with Crippen LogP contribution in [0, 0.1) is 0 Å². The molecule has 3 rings (SSSR count). The Morgan fingerprint density at radius 1 is 1.35 bits per heavy atom. The van der Waals surface area contributed by atoms with Crippen molar-refractivity contribution in [3.63, 3.8) is 0 Å². The summed E-state index contributed by atoms with van der Waals surface area (Å²) in [5.74, 6) is -0.00940. The zero-order valence-corrected chi connectivity index (χ0v) is 12.2. The van der Waals surface area contributed by atoms with E-state index in [9.17, 15) is 4.79 Å². The molecule has 1 amide bonds. The molecule has 104 valence electrons. The van der Waals surface area contributed by atoms with Gasteiger partial charge >= 0.3 is 0 Å². The first-order valence-corrected chi connectivity index (χ1v) is 7.41. The van der Waals surface area contributed by atoms with Crippen LogP contribution < -0.4 is 0 Å². The van der Waals surface area contributed by atoms with Crippen molar-refractivity contribution in [1.82, 2.24) is 9.88 Å². The van der Waals surface area contributed by atoms with E-state index in [4.69, 9.17) is 11.6 Å². The second-order valence-electron chi connectivity index (χ2n) is 5.35. The van der Waals surface area contributed by atoms with E-state index in [1.54, 1.807) is 6.07 Å². The maximum Gasteiger partial charge on any atom is 0.272 e. The Hall–Kier alpha value is -1.61. The fourth-order valence-corrected chi connectivity index (χ4v) is 3.05. The number of hydrogen-bond acceptors (Lipinski definition) is 2. The van der Waals surface area contributed by atoms with E-state index < -0.39 is 0 Å². The predicted molar refractivity (Wildman–Crippen MR) is 81.1 cm³/mol. The molecule has 1 unspecified atom stereocenters. The number of carbonyl (C=O) groups excluding carboxylic acids is 1. The Kier molecular flexibility index (Phi) is 3.62. The molecular formula is C16H17ClN2O. The Bertz CT molecular complexity index is 656. The van der Waals surface area contributed by atoms with Gasteiger partial charge in [0.05, 0.1) is 10.5 Å². The number of rotatable bonds is 1. The summed E-state index contributed by atoms with van der Waals surface area (Å²) in [4.78, 5) is 19.0. The van der Waals surface area contributed by atoms with Gasteiger partial charge in [-0.25, -0.2) is 4.98 Å². The number of hydrogen-bond donors (Lipinski definition) is 0. The second-order valence-corrected chi connectivity index (χ2v) is 5.76. The van der Waals surface area contributed by atoms with E-state index in [1.807, 2.05) is 29.2 Å². The van der Waals surface area contributed by atoms with Gasteiger partial charge in [-0.3, -0.25) is 4.79 Å². The smallest absolute Gasteiger partial charge is 0.272 e. The molecule has 1 aromatic carbocycles. The van der Waals surface area contributed by atoms with Gasteiger partial charge < -0.3 is 4.90 Å². The number of para-hydroxylation sites is 1. The molecule has 0 spiro atoms. The fourth-order valence-electron chi connectivity index (χ4n) is 2.79. The molecule has 0 radical (unpaired) electrons. The van der Waals surface area contributed by atoms with Crippen LogP contribution in [0.3, 0.4) is 0 Å². The summed E-state index contributed by atoms with van der Waals surface area (Å²) >= 11 is 6.27. The van der Waals surface area contributed by atoms with Gasteiger partial charge in [0.1, 0.15) is 5.69 Å². The van der Waals surface area contributed by atoms with Crippen LogP contribution in [0.4, 0.5) is 0 Å². The van der Waals surface area contributed by atoms with Gasteiger partial charge in [0.25, 0.3) is 5.91 Å². The van der Waals surface area contributed by atoms with Gasteiger partial charge in [0.15, 0.2) is 0 Å². The van der Waals surface area contributed by atoms with Crippen molar-refractivity contribution in [2.45, 2.75) is 32.2 Å². The van der Waals surface area contributed by atoms with Crippen molar-refractivity contribution in [3.05, 3.63) is 41.0 Å². The fraction of sp³-hybridized carbons (Fsp3) is 0.375. The average molecular weight is 289 g/mol. The summed E-state index contributed by atoms with van der Waals surface area (Å²) in [7, 11) is 0. The van der Waals surface area contributed by atoms with Crippen molar-refractivity contribution in [2.75, 3.05) is 6.54 Å². The van der Waals surface area contributed by atoms with Crippen LogP contribution >= 0.6 is 11.6 Å². The highest BCUT2D eigenvalue weighted by Gasteiger charge is 2.25. The second kappa shape index (κ2) is 5.41. The van der Waals surface area contributed by atoms with Gasteiger partial charge in [-0.1, -0.05) is 29.8 Å². The lowest BCUT2D eigenvalue weighted by molar-refractivity contribution is 0.0630. The molecule has 0 bridgehead atoms. The molecule has 1 aromatic heterocycles. The summed E-state index contributed by atoms with van der Waals surface area (Å²) in [6.45, 7) is 2.91. The van der Waals surface area contributed by atoms with Gasteiger partial charge in [-0.2, -0.15) is 0 Å². The number of nitrogens with zero attached hydrogens (tertiary/aromatic N) is 2. The molecule has 1 saturated heterocycles. The molecule has 0 saturated carbocycles. The monoisotopic (exact) mass is 288 g/mol. The minimum absolute atomic E-state index is 0.00940. The maximum atomic E-state index is 12.6. The third-order valence-corrected chi connectivity index (χ3v) is 4.26. The van der Waals surface area contributed by atoms with Crippen molar-refractivity contribution in [2.24, 2.45) is 0 Å². The summed E-state index contributed by atoms with van der Waals surface area (Å²) in [6, 6.07) is 9.60. The zero-order valence-electron chi connectivity index (χ0n) is 11.5. The van der Waals surface area contributed by atoms with Gasteiger partial charge in [-0.15, -0.1) is 0 Å². The van der Waals surface area contributed by atoms with E-state index in [2.05, 4.69) is 11.9 Å². The van der Waals surface area contributed by atoms with Crippen LogP contribution in [-0.2, 0) is 0 Å². The number of piperidine rings is 1. The number of pyridine rings is 1. The molecule has 0 aliphatic carbocycles. The highest BCUT2D eigenvalue weighted by Crippen LogP contribution is 2.25. The van der Waals surface area contributed by atoms with Crippen LogP contribution in [0.1, 0.15) is 36.7 Å².